The molecule has 14 aromatic rings. The monoisotopic (exact) mass is 907 g/mol. The summed E-state index contributed by atoms with van der Waals surface area (Å²) in [5.41, 5.74) is 13.0. The molecule has 70 heavy (non-hydrogen) atoms. The van der Waals surface area contributed by atoms with E-state index in [1.807, 2.05) is 0 Å². The number of aromatic nitrogens is 3. The van der Waals surface area contributed by atoms with E-state index in [-0.39, 0.29) is 0 Å². The molecule has 0 unspecified atom stereocenters. The Kier molecular flexibility index (Phi) is 9.23. The van der Waals surface area contributed by atoms with Gasteiger partial charge in [0.1, 0.15) is 0 Å². The Balaban J connectivity index is 1.10. The van der Waals surface area contributed by atoms with E-state index in [2.05, 4.69) is 287 Å². The van der Waals surface area contributed by atoms with Crippen LogP contribution in [0, 0.1) is 0 Å². The van der Waals surface area contributed by atoms with Crippen LogP contribution in [0.1, 0.15) is 0 Å². The summed E-state index contributed by atoms with van der Waals surface area (Å²) < 4.78 is 7.48. The van der Waals surface area contributed by atoms with Crippen molar-refractivity contribution in [2.45, 2.75) is 0 Å². The van der Waals surface area contributed by atoms with Gasteiger partial charge in [-0.25, -0.2) is 0 Å². The van der Waals surface area contributed by atoms with Crippen LogP contribution in [0.25, 0.3) is 93.6 Å². The fourth-order valence-corrected chi connectivity index (χ4v) is 16.8. The van der Waals surface area contributed by atoms with Crippen molar-refractivity contribution in [3.63, 3.8) is 0 Å². The fourth-order valence-electron chi connectivity index (χ4n) is 11.8. The van der Waals surface area contributed by atoms with Gasteiger partial charge < -0.3 is 13.7 Å². The molecule has 0 aliphatic rings. The summed E-state index contributed by atoms with van der Waals surface area (Å²) in [6, 6.07) is 101. The molecule has 0 N–H and O–H groups in total. The smallest absolute Gasteiger partial charge is 0.181 e. The normalized spacial score (nSPS) is 12.0. The topological polar surface area (TPSA) is 14.8 Å². The number of nitrogens with zero attached hydrogens (tertiary/aromatic N) is 3. The van der Waals surface area contributed by atoms with Crippen LogP contribution in [0.15, 0.2) is 273 Å². The highest BCUT2D eigenvalue weighted by Gasteiger charge is 2.43. The van der Waals surface area contributed by atoms with Gasteiger partial charge in [0.25, 0.3) is 0 Å². The standard InChI is InChI=1S/C66H45N3Si/c1-5-20-46(21-6-1)47-36-38-48(39-37-47)67-62-34-18-15-30-56(62)59-44-49(41-43-63(59)67)69-64-45-50(68-60-32-16-13-28-54(60)55-29-14-17-33-61(55)68)40-42-57(64)58-31-19-35-65(66(58)69)70(51-22-7-2-8-23-51,52-24-9-3-10-25-52)53-26-11-4-12-27-53/h1-45H. The highest BCUT2D eigenvalue weighted by Crippen LogP contribution is 2.40. The molecule has 3 aromatic heterocycles. The van der Waals surface area contributed by atoms with E-state index in [9.17, 15) is 0 Å². The van der Waals surface area contributed by atoms with Gasteiger partial charge in [0.05, 0.1) is 33.1 Å². The Morgan fingerprint density at radius 2 is 0.629 bits per heavy atom. The minimum Gasteiger partial charge on any atom is -0.309 e. The molecule has 0 spiro atoms. The molecule has 3 heterocycles. The molecule has 0 saturated heterocycles. The third-order valence-corrected chi connectivity index (χ3v) is 19.6. The first kappa shape index (κ1) is 40.1. The maximum Gasteiger partial charge on any atom is 0.181 e. The first-order chi connectivity index (χ1) is 34.8. The second kappa shape index (κ2) is 16.1. The van der Waals surface area contributed by atoms with Crippen LogP contribution in [0.2, 0.25) is 0 Å². The van der Waals surface area contributed by atoms with E-state index in [1.54, 1.807) is 0 Å². The van der Waals surface area contributed by atoms with Crippen molar-refractivity contribution in [2.24, 2.45) is 0 Å². The second-order valence-electron chi connectivity index (χ2n) is 18.4. The number of hydrogen-bond acceptors (Lipinski definition) is 0. The Bertz CT molecular complexity index is 4110. The molecule has 0 saturated carbocycles. The molecule has 11 aromatic carbocycles. The maximum absolute atomic E-state index is 3.03. The lowest BCUT2D eigenvalue weighted by molar-refractivity contribution is 1.15. The second-order valence-corrected chi connectivity index (χ2v) is 22.2. The van der Waals surface area contributed by atoms with Crippen LogP contribution in [0.4, 0.5) is 0 Å². The van der Waals surface area contributed by atoms with Crippen molar-refractivity contribution >= 4 is 94.2 Å². The lowest BCUT2D eigenvalue weighted by Gasteiger charge is -2.35. The number of benzene rings is 11. The largest absolute Gasteiger partial charge is 0.309 e. The Labute approximate surface area is 407 Å². The summed E-state index contributed by atoms with van der Waals surface area (Å²) in [4.78, 5) is 0. The lowest BCUT2D eigenvalue weighted by Crippen LogP contribution is -2.75. The van der Waals surface area contributed by atoms with E-state index in [0.717, 1.165) is 17.1 Å². The summed E-state index contributed by atoms with van der Waals surface area (Å²) in [6.45, 7) is 0. The predicted octanol–water partition coefficient (Wildman–Crippen LogP) is 14.0. The van der Waals surface area contributed by atoms with Gasteiger partial charge in [0, 0.05) is 49.4 Å². The minimum atomic E-state index is -3.03. The molecular weight excluding hydrogens is 863 g/mol. The Morgan fingerprint density at radius 3 is 1.20 bits per heavy atom. The molecule has 4 heteroatoms. The first-order valence-corrected chi connectivity index (χ1v) is 26.2. The molecular formula is C66H45N3Si. The zero-order chi connectivity index (χ0) is 46.2. The fraction of sp³-hybridized carbons (Fsp3) is 0. The van der Waals surface area contributed by atoms with Gasteiger partial charge in [-0.05, 0) is 92.5 Å². The number of hydrogen-bond donors (Lipinski definition) is 0. The quantitative estimate of drug-likeness (QED) is 0.107. The van der Waals surface area contributed by atoms with Gasteiger partial charge in [0.15, 0.2) is 8.07 Å². The molecule has 0 aliphatic carbocycles. The van der Waals surface area contributed by atoms with E-state index in [4.69, 9.17) is 0 Å². The molecule has 0 aliphatic heterocycles. The average molecular weight is 908 g/mol. The molecule has 14 rings (SSSR count). The van der Waals surface area contributed by atoms with Gasteiger partial charge >= 0.3 is 0 Å². The third-order valence-electron chi connectivity index (χ3n) is 14.8. The highest BCUT2D eigenvalue weighted by molar-refractivity contribution is 7.20. The van der Waals surface area contributed by atoms with Crippen molar-refractivity contribution in [1.29, 1.82) is 0 Å². The predicted molar refractivity (Wildman–Crippen MR) is 299 cm³/mol. The third kappa shape index (κ3) is 6.00. The van der Waals surface area contributed by atoms with E-state index >= 15 is 0 Å². The maximum atomic E-state index is 2.61. The number of fused-ring (bicyclic) bond motifs is 9. The van der Waals surface area contributed by atoms with Crippen LogP contribution in [-0.2, 0) is 0 Å². The molecule has 0 atom stereocenters. The van der Waals surface area contributed by atoms with E-state index in [0.29, 0.717) is 0 Å². The van der Waals surface area contributed by atoms with Crippen molar-refractivity contribution in [2.75, 3.05) is 0 Å². The Morgan fingerprint density at radius 1 is 0.229 bits per heavy atom. The molecule has 3 nitrogen and oxygen atoms in total. The molecule has 0 fully saturated rings. The molecule has 0 radical (unpaired) electrons. The summed E-state index contributed by atoms with van der Waals surface area (Å²) in [5.74, 6) is 0. The Hall–Kier alpha value is -8.96. The number of rotatable bonds is 8. The number of para-hydroxylation sites is 4. The zero-order valence-electron chi connectivity index (χ0n) is 38.3. The van der Waals surface area contributed by atoms with E-state index in [1.165, 1.54) is 97.3 Å². The summed E-state index contributed by atoms with van der Waals surface area (Å²) in [6.07, 6.45) is 0. The summed E-state index contributed by atoms with van der Waals surface area (Å²) in [5, 5.41) is 12.8. The van der Waals surface area contributed by atoms with Crippen molar-refractivity contribution in [3.8, 4) is 28.2 Å². The van der Waals surface area contributed by atoms with Crippen molar-refractivity contribution in [3.05, 3.63) is 273 Å². The highest BCUT2D eigenvalue weighted by atomic mass is 28.3. The molecule has 328 valence electrons. The average Bonchev–Trinajstić information content (AvgIpc) is 4.08. The van der Waals surface area contributed by atoms with Crippen LogP contribution < -0.4 is 20.7 Å². The summed E-state index contributed by atoms with van der Waals surface area (Å²) in [7, 11) is -3.03. The van der Waals surface area contributed by atoms with Crippen LogP contribution in [-0.4, -0.2) is 21.8 Å². The minimum absolute atomic E-state index is 1.12. The van der Waals surface area contributed by atoms with Gasteiger partial charge in [0.2, 0.25) is 0 Å². The molecule has 0 bridgehead atoms. The molecule has 0 amide bonds. The SMILES string of the molecule is c1ccc(-c2ccc(-n3c4ccccc4c4cc(-n5c6cc(-n7c8ccccc8c8ccccc87)ccc6c6cccc([Si](c7ccccc7)(c7ccccc7)c7ccccc7)c65)ccc43)cc2)cc1. The van der Waals surface area contributed by atoms with Gasteiger partial charge in [-0.15, -0.1) is 0 Å². The van der Waals surface area contributed by atoms with Crippen LogP contribution >= 0.6 is 0 Å². The van der Waals surface area contributed by atoms with Gasteiger partial charge in [-0.3, -0.25) is 0 Å². The van der Waals surface area contributed by atoms with Crippen molar-refractivity contribution in [1.82, 2.24) is 13.7 Å². The zero-order valence-corrected chi connectivity index (χ0v) is 39.3. The van der Waals surface area contributed by atoms with Gasteiger partial charge in [-0.2, -0.15) is 0 Å². The summed E-state index contributed by atoms with van der Waals surface area (Å²) >= 11 is 0. The lowest BCUT2D eigenvalue weighted by atomic mass is 10.1. The van der Waals surface area contributed by atoms with E-state index < -0.39 is 8.07 Å². The first-order valence-electron chi connectivity index (χ1n) is 24.2. The van der Waals surface area contributed by atoms with Crippen LogP contribution in [0.5, 0.6) is 0 Å². The van der Waals surface area contributed by atoms with Crippen molar-refractivity contribution < 1.29 is 0 Å². The van der Waals surface area contributed by atoms with Gasteiger partial charge in [-0.1, -0.05) is 212 Å². The van der Waals surface area contributed by atoms with Crippen LogP contribution in [0.3, 0.4) is 0 Å².